The molecule has 2 aromatic heterocycles. The number of benzene rings is 2. The molecule has 4 aromatic rings. The summed E-state index contributed by atoms with van der Waals surface area (Å²) in [6.07, 6.45) is 2.62. The molecule has 0 amide bonds. The lowest BCUT2D eigenvalue weighted by Crippen LogP contribution is -2.19. The van der Waals surface area contributed by atoms with Gasteiger partial charge in [0.05, 0.1) is 6.54 Å². The summed E-state index contributed by atoms with van der Waals surface area (Å²) in [6.45, 7) is 9.00. The predicted molar refractivity (Wildman–Crippen MR) is 138 cm³/mol. The molecule has 6 nitrogen and oxygen atoms in total. The Hall–Kier alpha value is -3.67. The largest absolute Gasteiger partial charge is 0.478 e. The Kier molecular flexibility index (Phi) is 7.49. The van der Waals surface area contributed by atoms with Gasteiger partial charge in [0.2, 0.25) is 6.10 Å². The van der Waals surface area contributed by atoms with Crippen molar-refractivity contribution in [2.24, 2.45) is 0 Å². The number of hydrogen-bond donors (Lipinski definition) is 1. The van der Waals surface area contributed by atoms with Crippen LogP contribution in [0, 0.1) is 13.8 Å². The molecule has 182 valence electrons. The molecule has 0 aliphatic rings. The Bertz CT molecular complexity index is 1330. The van der Waals surface area contributed by atoms with Crippen LogP contribution < -0.4 is 4.74 Å². The SMILES string of the molecule is CCCCc1cc(Cn2c(CC)nc3c(C)cc(C)nc32)ccc1OC(C(=O)O)c1ccccc1. The summed E-state index contributed by atoms with van der Waals surface area (Å²) in [7, 11) is 0. The van der Waals surface area contributed by atoms with Crippen molar-refractivity contribution < 1.29 is 14.6 Å². The third kappa shape index (κ3) is 5.37. The molecule has 0 saturated carbocycles. The van der Waals surface area contributed by atoms with Crippen LogP contribution in [0.5, 0.6) is 5.75 Å². The van der Waals surface area contributed by atoms with Crippen molar-refractivity contribution >= 4 is 17.1 Å². The molecule has 35 heavy (non-hydrogen) atoms. The second-order valence-electron chi connectivity index (χ2n) is 9.01. The van der Waals surface area contributed by atoms with Gasteiger partial charge in [0, 0.05) is 17.7 Å². The zero-order valence-electron chi connectivity index (χ0n) is 20.9. The van der Waals surface area contributed by atoms with Gasteiger partial charge in [0.1, 0.15) is 17.1 Å². The lowest BCUT2D eigenvalue weighted by atomic mass is 10.0. The van der Waals surface area contributed by atoms with Crippen molar-refractivity contribution in [2.45, 2.75) is 66.0 Å². The number of aryl methyl sites for hydroxylation is 4. The first-order valence-corrected chi connectivity index (χ1v) is 12.3. The van der Waals surface area contributed by atoms with Crippen molar-refractivity contribution in [3.8, 4) is 5.75 Å². The van der Waals surface area contributed by atoms with Gasteiger partial charge in [-0.3, -0.25) is 0 Å². The van der Waals surface area contributed by atoms with E-state index < -0.39 is 12.1 Å². The number of rotatable bonds is 10. The number of unbranched alkanes of at least 4 members (excludes halogenated alkanes) is 1. The van der Waals surface area contributed by atoms with Gasteiger partial charge in [-0.25, -0.2) is 14.8 Å². The summed E-state index contributed by atoms with van der Waals surface area (Å²) < 4.78 is 8.29. The number of hydrogen-bond acceptors (Lipinski definition) is 4. The van der Waals surface area contributed by atoms with Crippen LogP contribution >= 0.6 is 0 Å². The Labute approximate surface area is 206 Å². The maximum Gasteiger partial charge on any atom is 0.349 e. The van der Waals surface area contributed by atoms with Crippen LogP contribution in [0.4, 0.5) is 0 Å². The van der Waals surface area contributed by atoms with Crippen molar-refractivity contribution in [2.75, 3.05) is 0 Å². The highest BCUT2D eigenvalue weighted by Crippen LogP contribution is 2.29. The van der Waals surface area contributed by atoms with Gasteiger partial charge >= 0.3 is 5.97 Å². The quantitative estimate of drug-likeness (QED) is 0.298. The van der Waals surface area contributed by atoms with E-state index in [0.29, 0.717) is 17.9 Å². The number of fused-ring (bicyclic) bond motifs is 1. The fourth-order valence-electron chi connectivity index (χ4n) is 4.49. The molecule has 1 atom stereocenters. The van der Waals surface area contributed by atoms with Crippen LogP contribution in [0.1, 0.15) is 66.6 Å². The van der Waals surface area contributed by atoms with E-state index in [1.165, 1.54) is 0 Å². The minimum atomic E-state index is -1.05. The maximum atomic E-state index is 12.0. The van der Waals surface area contributed by atoms with Gasteiger partial charge in [0.25, 0.3) is 0 Å². The highest BCUT2D eigenvalue weighted by molar-refractivity contribution is 5.76. The highest BCUT2D eigenvalue weighted by atomic mass is 16.5. The minimum Gasteiger partial charge on any atom is -0.478 e. The van der Waals surface area contributed by atoms with Crippen LogP contribution in [0.2, 0.25) is 0 Å². The summed E-state index contributed by atoms with van der Waals surface area (Å²) in [5, 5.41) is 9.84. The van der Waals surface area contributed by atoms with Gasteiger partial charge in [-0.05, 0) is 55.5 Å². The third-order valence-electron chi connectivity index (χ3n) is 6.25. The van der Waals surface area contributed by atoms with E-state index in [1.54, 1.807) is 12.1 Å². The number of carboxylic acids is 1. The first kappa shape index (κ1) is 24.5. The summed E-state index contributed by atoms with van der Waals surface area (Å²) >= 11 is 0. The van der Waals surface area contributed by atoms with Gasteiger partial charge in [-0.1, -0.05) is 62.7 Å². The van der Waals surface area contributed by atoms with Gasteiger partial charge in [-0.2, -0.15) is 0 Å². The normalized spacial score (nSPS) is 12.1. The summed E-state index contributed by atoms with van der Waals surface area (Å²) in [5.41, 5.74) is 6.73. The number of pyridine rings is 1. The van der Waals surface area contributed by atoms with E-state index in [9.17, 15) is 9.90 Å². The molecule has 0 aliphatic heterocycles. The van der Waals surface area contributed by atoms with E-state index in [-0.39, 0.29) is 0 Å². The molecule has 0 aliphatic carbocycles. The van der Waals surface area contributed by atoms with E-state index in [2.05, 4.69) is 37.5 Å². The smallest absolute Gasteiger partial charge is 0.349 e. The molecule has 2 aromatic carbocycles. The summed E-state index contributed by atoms with van der Waals surface area (Å²) in [5.74, 6) is 0.622. The zero-order valence-corrected chi connectivity index (χ0v) is 20.9. The molecule has 0 saturated heterocycles. The highest BCUT2D eigenvalue weighted by Gasteiger charge is 2.23. The van der Waals surface area contributed by atoms with Crippen LogP contribution in [0.3, 0.4) is 0 Å². The maximum absolute atomic E-state index is 12.0. The van der Waals surface area contributed by atoms with E-state index in [1.807, 2.05) is 37.3 Å². The van der Waals surface area contributed by atoms with E-state index in [0.717, 1.165) is 65.1 Å². The van der Waals surface area contributed by atoms with Crippen molar-refractivity contribution in [1.29, 1.82) is 0 Å². The van der Waals surface area contributed by atoms with Gasteiger partial charge < -0.3 is 14.4 Å². The first-order chi connectivity index (χ1) is 16.9. The molecule has 1 unspecified atom stereocenters. The molecule has 6 heteroatoms. The van der Waals surface area contributed by atoms with Gasteiger partial charge in [0.15, 0.2) is 5.65 Å². The van der Waals surface area contributed by atoms with Crippen molar-refractivity contribution in [3.05, 3.63) is 88.4 Å². The Morgan fingerprint density at radius 3 is 2.51 bits per heavy atom. The minimum absolute atomic E-state index is 0.620. The number of imidazole rings is 1. The topological polar surface area (TPSA) is 77.2 Å². The van der Waals surface area contributed by atoms with E-state index >= 15 is 0 Å². The molecule has 0 bridgehead atoms. The average molecular weight is 472 g/mol. The molecule has 2 heterocycles. The number of ether oxygens (including phenoxy) is 1. The lowest BCUT2D eigenvalue weighted by Gasteiger charge is -2.19. The van der Waals surface area contributed by atoms with Crippen molar-refractivity contribution in [1.82, 2.24) is 14.5 Å². The zero-order chi connectivity index (χ0) is 24.9. The molecule has 0 radical (unpaired) electrons. The van der Waals surface area contributed by atoms with Crippen LogP contribution in [-0.4, -0.2) is 25.6 Å². The molecule has 4 rings (SSSR count). The Morgan fingerprint density at radius 1 is 1.06 bits per heavy atom. The lowest BCUT2D eigenvalue weighted by molar-refractivity contribution is -0.145. The fraction of sp³-hybridized carbons (Fsp3) is 0.345. The van der Waals surface area contributed by atoms with Crippen molar-refractivity contribution in [3.63, 3.8) is 0 Å². The van der Waals surface area contributed by atoms with Gasteiger partial charge in [-0.15, -0.1) is 0 Å². The van der Waals surface area contributed by atoms with Crippen LogP contribution in [0.25, 0.3) is 11.2 Å². The Balaban J connectivity index is 1.70. The number of aliphatic carboxylic acids is 1. The number of carboxylic acid groups (broad SMARTS) is 1. The molecule has 0 spiro atoms. The van der Waals surface area contributed by atoms with E-state index in [4.69, 9.17) is 14.7 Å². The summed E-state index contributed by atoms with van der Waals surface area (Å²) in [6, 6.07) is 17.2. The molecule has 1 N–H and O–H groups in total. The van der Waals surface area contributed by atoms with Crippen LogP contribution in [-0.2, 0) is 24.2 Å². The van der Waals surface area contributed by atoms with Crippen LogP contribution in [0.15, 0.2) is 54.6 Å². The number of carbonyl (C=O) groups is 1. The molecular formula is C29H33N3O3. The molecule has 0 fully saturated rings. The fourth-order valence-corrected chi connectivity index (χ4v) is 4.49. The second-order valence-corrected chi connectivity index (χ2v) is 9.01. The summed E-state index contributed by atoms with van der Waals surface area (Å²) in [4.78, 5) is 21.7. The average Bonchev–Trinajstić information content (AvgIpc) is 3.20. The Morgan fingerprint density at radius 2 is 1.83 bits per heavy atom. The standard InChI is InChI=1S/C29H33N3O3/c1-5-7-11-23-17-21(14-15-24(23)35-27(29(33)34)22-12-9-8-10-13-22)18-32-25(6-2)31-26-19(3)16-20(4)30-28(26)32/h8-10,12-17,27H,5-7,11,18H2,1-4H3,(H,33,34). The number of aromatic nitrogens is 3. The second kappa shape index (κ2) is 10.7. The molecular weight excluding hydrogens is 438 g/mol. The first-order valence-electron chi connectivity index (χ1n) is 12.3. The number of nitrogens with zero attached hydrogens (tertiary/aromatic N) is 3. The third-order valence-corrected chi connectivity index (χ3v) is 6.25. The monoisotopic (exact) mass is 471 g/mol. The predicted octanol–water partition coefficient (Wildman–Crippen LogP) is 6.21.